The first-order valence-electron chi connectivity index (χ1n) is 8.60. The molecule has 27 heavy (non-hydrogen) atoms. The van der Waals surface area contributed by atoms with Crippen LogP contribution >= 0.6 is 11.8 Å². The lowest BCUT2D eigenvalue weighted by Gasteiger charge is -2.24. The number of rotatable bonds is 7. The number of anilines is 1. The Bertz CT molecular complexity index is 927. The van der Waals surface area contributed by atoms with Gasteiger partial charge in [0.1, 0.15) is 6.54 Å². The van der Waals surface area contributed by atoms with Gasteiger partial charge in [0.25, 0.3) is 0 Å². The van der Waals surface area contributed by atoms with Crippen molar-refractivity contribution in [2.75, 3.05) is 23.4 Å². The summed E-state index contributed by atoms with van der Waals surface area (Å²) in [7, 11) is -3.59. The van der Waals surface area contributed by atoms with Crippen LogP contribution in [-0.4, -0.2) is 33.4 Å². The molecule has 0 aliphatic carbocycles. The van der Waals surface area contributed by atoms with Crippen LogP contribution in [0.1, 0.15) is 29.7 Å². The van der Waals surface area contributed by atoms with E-state index in [0.717, 1.165) is 26.6 Å². The van der Waals surface area contributed by atoms with Gasteiger partial charge in [0.2, 0.25) is 15.9 Å². The first-order valence-corrected chi connectivity index (χ1v) is 11.7. The highest BCUT2D eigenvalue weighted by molar-refractivity contribution is 7.98. The lowest BCUT2D eigenvalue weighted by molar-refractivity contribution is -0.120. The molecule has 1 N–H and O–H groups in total. The van der Waals surface area contributed by atoms with Gasteiger partial charge in [-0.25, -0.2) is 8.42 Å². The number of carbonyl (C=O) groups excluding carboxylic acids is 1. The van der Waals surface area contributed by atoms with Gasteiger partial charge >= 0.3 is 0 Å². The first-order chi connectivity index (χ1) is 12.6. The molecule has 1 atom stereocenters. The SMILES string of the molecule is CSc1cccc(N(CC(=O)N[C@H](C)c2ccc(C)c(C)c2)S(C)(=O)=O)c1. The second-order valence-corrected chi connectivity index (χ2v) is 9.39. The van der Waals surface area contributed by atoms with Crippen LogP contribution < -0.4 is 9.62 Å². The normalized spacial score (nSPS) is 12.5. The van der Waals surface area contributed by atoms with E-state index < -0.39 is 10.0 Å². The van der Waals surface area contributed by atoms with Crippen molar-refractivity contribution in [3.8, 4) is 0 Å². The molecule has 2 aromatic rings. The number of amides is 1. The second kappa shape index (κ2) is 8.80. The monoisotopic (exact) mass is 406 g/mol. The third-order valence-corrected chi connectivity index (χ3v) is 6.30. The molecular weight excluding hydrogens is 380 g/mol. The molecule has 2 aromatic carbocycles. The zero-order valence-corrected chi connectivity index (χ0v) is 17.9. The molecule has 146 valence electrons. The van der Waals surface area contributed by atoms with Gasteiger partial charge in [-0.2, -0.15) is 0 Å². The van der Waals surface area contributed by atoms with Crippen LogP contribution in [0.4, 0.5) is 5.69 Å². The van der Waals surface area contributed by atoms with Crippen molar-refractivity contribution in [3.63, 3.8) is 0 Å². The molecule has 1 amide bonds. The van der Waals surface area contributed by atoms with E-state index in [2.05, 4.69) is 5.32 Å². The number of hydrogen-bond donors (Lipinski definition) is 1. The quantitative estimate of drug-likeness (QED) is 0.713. The summed E-state index contributed by atoms with van der Waals surface area (Å²) in [6.07, 6.45) is 3.03. The molecule has 0 bridgehead atoms. The Morgan fingerprint density at radius 3 is 2.44 bits per heavy atom. The fourth-order valence-corrected chi connectivity index (χ4v) is 4.00. The number of benzene rings is 2. The molecule has 0 aliphatic heterocycles. The van der Waals surface area contributed by atoms with Crippen LogP contribution in [0.25, 0.3) is 0 Å². The maximum Gasteiger partial charge on any atom is 0.241 e. The molecule has 0 aromatic heterocycles. The van der Waals surface area contributed by atoms with E-state index >= 15 is 0 Å². The third kappa shape index (κ3) is 5.74. The number of sulfonamides is 1. The Kier molecular flexibility index (Phi) is 6.95. The summed E-state index contributed by atoms with van der Waals surface area (Å²) in [5.74, 6) is -0.347. The van der Waals surface area contributed by atoms with E-state index in [1.165, 1.54) is 17.3 Å². The summed E-state index contributed by atoms with van der Waals surface area (Å²) < 4.78 is 25.6. The largest absolute Gasteiger partial charge is 0.348 e. The molecule has 0 aliphatic rings. The highest BCUT2D eigenvalue weighted by atomic mass is 32.2. The average Bonchev–Trinajstić information content (AvgIpc) is 2.61. The van der Waals surface area contributed by atoms with Crippen molar-refractivity contribution in [1.29, 1.82) is 0 Å². The highest BCUT2D eigenvalue weighted by Gasteiger charge is 2.22. The van der Waals surface area contributed by atoms with Gasteiger partial charge in [-0.3, -0.25) is 9.10 Å². The number of hydrogen-bond acceptors (Lipinski definition) is 4. The lowest BCUT2D eigenvalue weighted by Crippen LogP contribution is -2.41. The summed E-state index contributed by atoms with van der Waals surface area (Å²) in [5, 5.41) is 2.89. The predicted molar refractivity (Wildman–Crippen MR) is 113 cm³/mol. The Labute approximate surface area is 166 Å². The maximum absolute atomic E-state index is 12.5. The number of nitrogens with one attached hydrogen (secondary N) is 1. The minimum Gasteiger partial charge on any atom is -0.348 e. The van der Waals surface area contributed by atoms with Crippen LogP contribution in [0.15, 0.2) is 47.4 Å². The maximum atomic E-state index is 12.5. The van der Waals surface area contributed by atoms with E-state index in [1.807, 2.05) is 51.3 Å². The number of thioether (sulfide) groups is 1. The summed E-state index contributed by atoms with van der Waals surface area (Å²) >= 11 is 1.52. The molecule has 0 saturated carbocycles. The lowest BCUT2D eigenvalue weighted by atomic mass is 10.0. The van der Waals surface area contributed by atoms with Crippen molar-refractivity contribution < 1.29 is 13.2 Å². The minimum atomic E-state index is -3.59. The molecule has 0 heterocycles. The van der Waals surface area contributed by atoms with E-state index in [0.29, 0.717) is 5.69 Å². The second-order valence-electron chi connectivity index (χ2n) is 6.60. The molecule has 5 nitrogen and oxygen atoms in total. The van der Waals surface area contributed by atoms with Crippen LogP contribution in [0, 0.1) is 13.8 Å². The average molecular weight is 407 g/mol. The summed E-state index contributed by atoms with van der Waals surface area (Å²) in [6, 6.07) is 13.0. The van der Waals surface area contributed by atoms with Crippen molar-refractivity contribution in [1.82, 2.24) is 5.32 Å². The zero-order valence-electron chi connectivity index (χ0n) is 16.3. The Hall–Kier alpha value is -1.99. The van der Waals surface area contributed by atoms with Crippen molar-refractivity contribution >= 4 is 33.4 Å². The molecule has 2 rings (SSSR count). The van der Waals surface area contributed by atoms with Gasteiger partial charge in [-0.05, 0) is 61.9 Å². The first kappa shape index (κ1) is 21.3. The predicted octanol–water partition coefficient (Wildman–Crippen LogP) is 3.67. The van der Waals surface area contributed by atoms with E-state index in [1.54, 1.807) is 18.2 Å². The van der Waals surface area contributed by atoms with Gasteiger partial charge < -0.3 is 5.32 Å². The van der Waals surface area contributed by atoms with Gasteiger partial charge in [0.05, 0.1) is 18.0 Å². The van der Waals surface area contributed by atoms with Crippen LogP contribution in [0.5, 0.6) is 0 Å². The Balaban J connectivity index is 2.17. The molecule has 0 unspecified atom stereocenters. The standard InChI is InChI=1S/C20H26N2O3S2/c1-14-9-10-17(11-15(14)2)16(3)21-20(23)13-22(27(5,24)25)18-7-6-8-19(12-18)26-4/h6-12,16H,13H2,1-5H3,(H,21,23)/t16-/m1/s1. The smallest absolute Gasteiger partial charge is 0.241 e. The van der Waals surface area contributed by atoms with E-state index in [-0.39, 0.29) is 18.5 Å². The van der Waals surface area contributed by atoms with E-state index in [9.17, 15) is 13.2 Å². The third-order valence-electron chi connectivity index (χ3n) is 4.44. The molecule has 0 spiro atoms. The van der Waals surface area contributed by atoms with Gasteiger partial charge in [-0.1, -0.05) is 24.3 Å². The fraction of sp³-hybridized carbons (Fsp3) is 0.350. The molecule has 0 radical (unpaired) electrons. The summed E-state index contributed by atoms with van der Waals surface area (Å²) in [5.41, 5.74) is 3.81. The van der Waals surface area contributed by atoms with Crippen LogP contribution in [-0.2, 0) is 14.8 Å². The van der Waals surface area contributed by atoms with E-state index in [4.69, 9.17) is 0 Å². The molecular formula is C20H26N2O3S2. The van der Waals surface area contributed by atoms with Crippen molar-refractivity contribution in [2.45, 2.75) is 31.7 Å². The van der Waals surface area contributed by atoms with Crippen LogP contribution in [0.3, 0.4) is 0 Å². The molecule has 7 heteroatoms. The number of aryl methyl sites for hydroxylation is 2. The molecule has 0 saturated heterocycles. The fourth-order valence-electron chi connectivity index (χ4n) is 2.70. The molecule has 0 fully saturated rings. The van der Waals surface area contributed by atoms with Gasteiger partial charge in [0.15, 0.2) is 0 Å². The Morgan fingerprint density at radius 1 is 1.15 bits per heavy atom. The number of nitrogens with zero attached hydrogens (tertiary/aromatic N) is 1. The van der Waals surface area contributed by atoms with Gasteiger partial charge in [-0.15, -0.1) is 11.8 Å². The van der Waals surface area contributed by atoms with Crippen molar-refractivity contribution in [3.05, 3.63) is 59.2 Å². The highest BCUT2D eigenvalue weighted by Crippen LogP contribution is 2.24. The topological polar surface area (TPSA) is 66.5 Å². The number of carbonyl (C=O) groups is 1. The minimum absolute atomic E-state index is 0.212. The van der Waals surface area contributed by atoms with Crippen molar-refractivity contribution in [2.24, 2.45) is 0 Å². The Morgan fingerprint density at radius 2 is 1.85 bits per heavy atom. The van der Waals surface area contributed by atoms with Crippen LogP contribution in [0.2, 0.25) is 0 Å². The summed E-state index contributed by atoms with van der Waals surface area (Å²) in [4.78, 5) is 13.5. The summed E-state index contributed by atoms with van der Waals surface area (Å²) in [6.45, 7) is 5.69. The van der Waals surface area contributed by atoms with Gasteiger partial charge in [0, 0.05) is 4.90 Å². The zero-order chi connectivity index (χ0) is 20.2.